The zero-order chi connectivity index (χ0) is 16.4. The third kappa shape index (κ3) is 3.12. The fourth-order valence-corrected chi connectivity index (χ4v) is 3.48. The number of nitrogens with zero attached hydrogens (tertiary/aromatic N) is 4. The first kappa shape index (κ1) is 15.1. The number of aryl methyl sites for hydroxylation is 1. The van der Waals surface area contributed by atoms with Gasteiger partial charge in [-0.3, -0.25) is 4.90 Å². The van der Waals surface area contributed by atoms with Gasteiger partial charge in [-0.05, 0) is 44.0 Å². The molecule has 2 aromatic heterocycles. The van der Waals surface area contributed by atoms with Crippen molar-refractivity contribution >= 4 is 0 Å². The maximum Gasteiger partial charge on any atom is 0.133 e. The molecule has 0 amide bonds. The predicted molar refractivity (Wildman–Crippen MR) is 91.8 cm³/mol. The molecule has 0 bridgehead atoms. The van der Waals surface area contributed by atoms with Crippen molar-refractivity contribution in [3.63, 3.8) is 0 Å². The van der Waals surface area contributed by atoms with E-state index in [-0.39, 0.29) is 0 Å². The van der Waals surface area contributed by atoms with Crippen LogP contribution in [-0.2, 0) is 6.54 Å². The minimum Gasteiger partial charge on any atom is -0.361 e. The second-order valence-corrected chi connectivity index (χ2v) is 6.48. The van der Waals surface area contributed by atoms with E-state index >= 15 is 0 Å². The Labute approximate surface area is 141 Å². The standard InChI is InChI=1S/C19H22N4O/c1-15-12-18(21-24-15)19-4-2-3-10-22(19)13-16-5-7-17(8-6-16)23-11-9-20-14-23/h5-9,11-12,14,19H,2-4,10,13H2,1H3/t19-/m1/s1. The van der Waals surface area contributed by atoms with E-state index in [4.69, 9.17) is 4.52 Å². The molecular formula is C19H22N4O. The molecule has 5 heteroatoms. The monoisotopic (exact) mass is 322 g/mol. The molecule has 1 atom stereocenters. The van der Waals surface area contributed by atoms with Crippen molar-refractivity contribution in [2.75, 3.05) is 6.54 Å². The van der Waals surface area contributed by atoms with E-state index < -0.39 is 0 Å². The Morgan fingerprint density at radius 2 is 2.08 bits per heavy atom. The van der Waals surface area contributed by atoms with E-state index in [0.717, 1.165) is 36.7 Å². The lowest BCUT2D eigenvalue weighted by Crippen LogP contribution is -2.33. The smallest absolute Gasteiger partial charge is 0.133 e. The predicted octanol–water partition coefficient (Wildman–Crippen LogP) is 3.90. The van der Waals surface area contributed by atoms with Gasteiger partial charge < -0.3 is 9.09 Å². The minimum atomic E-state index is 0.365. The van der Waals surface area contributed by atoms with Gasteiger partial charge in [0.1, 0.15) is 11.5 Å². The summed E-state index contributed by atoms with van der Waals surface area (Å²) in [6.45, 7) is 4.01. The topological polar surface area (TPSA) is 47.1 Å². The van der Waals surface area contributed by atoms with Crippen molar-refractivity contribution in [2.45, 2.75) is 38.8 Å². The van der Waals surface area contributed by atoms with Gasteiger partial charge in [0.15, 0.2) is 0 Å². The maximum absolute atomic E-state index is 5.29. The van der Waals surface area contributed by atoms with Gasteiger partial charge in [0, 0.05) is 30.7 Å². The van der Waals surface area contributed by atoms with Crippen LogP contribution in [0.1, 0.15) is 42.3 Å². The second-order valence-electron chi connectivity index (χ2n) is 6.48. The number of likely N-dealkylation sites (tertiary alicyclic amines) is 1. The average molecular weight is 322 g/mol. The first-order valence-corrected chi connectivity index (χ1v) is 8.54. The zero-order valence-corrected chi connectivity index (χ0v) is 13.9. The summed E-state index contributed by atoms with van der Waals surface area (Å²) in [5.41, 5.74) is 3.53. The van der Waals surface area contributed by atoms with Crippen molar-refractivity contribution < 1.29 is 4.52 Å². The normalized spacial score (nSPS) is 18.8. The van der Waals surface area contributed by atoms with E-state index in [1.54, 1.807) is 6.20 Å². The summed E-state index contributed by atoms with van der Waals surface area (Å²) in [4.78, 5) is 6.62. The third-order valence-electron chi connectivity index (χ3n) is 4.73. The van der Waals surface area contributed by atoms with Crippen LogP contribution in [0, 0.1) is 6.92 Å². The van der Waals surface area contributed by atoms with Crippen LogP contribution >= 0.6 is 0 Å². The molecule has 0 unspecified atom stereocenters. The van der Waals surface area contributed by atoms with Crippen LogP contribution in [0.15, 0.2) is 53.6 Å². The summed E-state index contributed by atoms with van der Waals surface area (Å²) in [5.74, 6) is 0.889. The zero-order valence-electron chi connectivity index (χ0n) is 13.9. The van der Waals surface area contributed by atoms with Gasteiger partial charge in [-0.25, -0.2) is 4.98 Å². The number of aromatic nitrogens is 3. The van der Waals surface area contributed by atoms with E-state index in [0.29, 0.717) is 6.04 Å². The fourth-order valence-electron chi connectivity index (χ4n) is 3.48. The lowest BCUT2D eigenvalue weighted by Gasteiger charge is -2.34. The van der Waals surface area contributed by atoms with Crippen molar-refractivity contribution in [3.8, 4) is 5.69 Å². The minimum absolute atomic E-state index is 0.365. The highest BCUT2D eigenvalue weighted by Gasteiger charge is 2.26. The Morgan fingerprint density at radius 1 is 1.21 bits per heavy atom. The fraction of sp³-hybridized carbons (Fsp3) is 0.368. The molecule has 124 valence electrons. The first-order chi connectivity index (χ1) is 11.8. The molecule has 0 aliphatic carbocycles. The molecule has 1 aliphatic rings. The molecule has 1 saturated heterocycles. The summed E-state index contributed by atoms with van der Waals surface area (Å²) in [6, 6.07) is 11.1. The Kier molecular flexibility index (Phi) is 4.17. The lowest BCUT2D eigenvalue weighted by atomic mass is 9.98. The highest BCUT2D eigenvalue weighted by atomic mass is 16.5. The number of rotatable bonds is 4. The summed E-state index contributed by atoms with van der Waals surface area (Å²) in [7, 11) is 0. The van der Waals surface area contributed by atoms with Crippen LogP contribution in [0.25, 0.3) is 5.69 Å². The first-order valence-electron chi connectivity index (χ1n) is 8.54. The summed E-state index contributed by atoms with van der Waals surface area (Å²) < 4.78 is 7.31. The van der Waals surface area contributed by atoms with Crippen LogP contribution in [-0.4, -0.2) is 26.2 Å². The average Bonchev–Trinajstić information content (AvgIpc) is 3.28. The van der Waals surface area contributed by atoms with E-state index in [9.17, 15) is 0 Å². The molecule has 4 rings (SSSR count). The number of hydrogen-bond acceptors (Lipinski definition) is 4. The molecule has 0 spiro atoms. The van der Waals surface area contributed by atoms with E-state index in [1.807, 2.05) is 24.0 Å². The van der Waals surface area contributed by atoms with Gasteiger partial charge in [-0.1, -0.05) is 23.7 Å². The number of benzene rings is 1. The number of imidazole rings is 1. The summed E-state index contributed by atoms with van der Waals surface area (Å²) in [6.07, 6.45) is 9.24. The van der Waals surface area contributed by atoms with Gasteiger partial charge in [0.25, 0.3) is 0 Å². The van der Waals surface area contributed by atoms with E-state index in [1.165, 1.54) is 18.4 Å². The van der Waals surface area contributed by atoms with Gasteiger partial charge in [0.2, 0.25) is 0 Å². The van der Waals surface area contributed by atoms with Gasteiger partial charge >= 0.3 is 0 Å². The summed E-state index contributed by atoms with van der Waals surface area (Å²) >= 11 is 0. The molecule has 1 fully saturated rings. The van der Waals surface area contributed by atoms with Gasteiger partial charge in [-0.2, -0.15) is 0 Å². The van der Waals surface area contributed by atoms with Crippen molar-refractivity contribution in [2.24, 2.45) is 0 Å². The molecule has 0 radical (unpaired) electrons. The number of piperidine rings is 1. The van der Waals surface area contributed by atoms with Gasteiger partial charge in [0.05, 0.1) is 12.4 Å². The molecule has 1 aliphatic heterocycles. The second kappa shape index (κ2) is 6.61. The molecule has 5 nitrogen and oxygen atoms in total. The summed E-state index contributed by atoms with van der Waals surface area (Å²) in [5, 5.41) is 4.25. The molecular weight excluding hydrogens is 300 g/mol. The Morgan fingerprint density at radius 3 is 2.79 bits per heavy atom. The quantitative estimate of drug-likeness (QED) is 0.731. The number of hydrogen-bond donors (Lipinski definition) is 0. The third-order valence-corrected chi connectivity index (χ3v) is 4.73. The Balaban J connectivity index is 1.50. The highest BCUT2D eigenvalue weighted by molar-refractivity contribution is 5.34. The SMILES string of the molecule is Cc1cc([C@H]2CCCCN2Cc2ccc(-n3ccnc3)cc2)no1. The molecule has 24 heavy (non-hydrogen) atoms. The highest BCUT2D eigenvalue weighted by Crippen LogP contribution is 2.31. The maximum atomic E-state index is 5.29. The van der Waals surface area contributed by atoms with Crippen molar-refractivity contribution in [1.29, 1.82) is 0 Å². The molecule has 0 saturated carbocycles. The van der Waals surface area contributed by atoms with Crippen LogP contribution in [0.4, 0.5) is 0 Å². The molecule has 3 aromatic rings. The molecule has 3 heterocycles. The Hall–Kier alpha value is -2.40. The van der Waals surface area contributed by atoms with Crippen molar-refractivity contribution in [3.05, 3.63) is 66.1 Å². The van der Waals surface area contributed by atoms with Crippen molar-refractivity contribution in [1.82, 2.24) is 19.6 Å². The van der Waals surface area contributed by atoms with Crippen LogP contribution in [0.2, 0.25) is 0 Å². The van der Waals surface area contributed by atoms with Gasteiger partial charge in [-0.15, -0.1) is 0 Å². The van der Waals surface area contributed by atoms with Crippen LogP contribution < -0.4 is 0 Å². The van der Waals surface area contributed by atoms with Crippen LogP contribution in [0.5, 0.6) is 0 Å². The largest absolute Gasteiger partial charge is 0.361 e. The molecule has 1 aromatic carbocycles. The lowest BCUT2D eigenvalue weighted by molar-refractivity contribution is 0.134. The van der Waals surface area contributed by atoms with Crippen LogP contribution in [0.3, 0.4) is 0 Å². The van der Waals surface area contributed by atoms with E-state index in [2.05, 4.69) is 45.4 Å². The Bertz CT molecular complexity index is 776. The molecule has 0 N–H and O–H groups in total.